The number of amides is 1. The Morgan fingerprint density at radius 3 is 3.06 bits per heavy atom. The molecule has 1 aromatic rings. The summed E-state index contributed by atoms with van der Waals surface area (Å²) in [6.45, 7) is 2.96. The molecule has 1 aromatic heterocycles. The summed E-state index contributed by atoms with van der Waals surface area (Å²) in [4.78, 5) is 15.9. The fraction of sp³-hybridized carbons (Fsp3) is 0.500. The van der Waals surface area contributed by atoms with Gasteiger partial charge >= 0.3 is 0 Å². The highest BCUT2D eigenvalue weighted by atomic mass is 16.1. The van der Waals surface area contributed by atoms with E-state index < -0.39 is 0 Å². The molecular weight excluding hydrogens is 202 g/mol. The zero-order chi connectivity index (χ0) is 11.4. The van der Waals surface area contributed by atoms with Crippen molar-refractivity contribution < 1.29 is 4.79 Å². The summed E-state index contributed by atoms with van der Waals surface area (Å²) in [6, 6.07) is 2.23. The number of hydrogen-bond acceptors (Lipinski definition) is 3. The van der Waals surface area contributed by atoms with Gasteiger partial charge in [-0.25, -0.2) is 0 Å². The fourth-order valence-corrected chi connectivity index (χ4v) is 1.48. The van der Waals surface area contributed by atoms with Crippen LogP contribution in [-0.2, 0) is 0 Å². The fourth-order valence-electron chi connectivity index (χ4n) is 1.48. The molecule has 0 saturated heterocycles. The molecule has 2 rings (SSSR count). The molecule has 0 unspecified atom stereocenters. The zero-order valence-electron chi connectivity index (χ0n) is 9.49. The Morgan fingerprint density at radius 1 is 1.56 bits per heavy atom. The molecule has 0 aliphatic heterocycles. The van der Waals surface area contributed by atoms with Crippen LogP contribution in [0.2, 0.25) is 0 Å². The molecule has 1 fully saturated rings. The lowest BCUT2D eigenvalue weighted by Crippen LogP contribution is -2.26. The normalized spacial score (nSPS) is 14.6. The maximum absolute atomic E-state index is 11.9. The monoisotopic (exact) mass is 219 g/mol. The van der Waals surface area contributed by atoms with Crippen LogP contribution in [0.25, 0.3) is 0 Å². The highest BCUT2D eigenvalue weighted by Gasteiger charge is 2.24. The number of anilines is 1. The maximum Gasteiger partial charge on any atom is 0.255 e. The first-order chi connectivity index (χ1) is 7.81. The van der Waals surface area contributed by atoms with E-state index in [9.17, 15) is 4.79 Å². The molecule has 0 spiro atoms. The first-order valence-electron chi connectivity index (χ1n) is 5.80. The van der Waals surface area contributed by atoms with E-state index in [0.717, 1.165) is 31.5 Å². The third-order valence-electron chi connectivity index (χ3n) is 2.54. The highest BCUT2D eigenvalue weighted by Crippen LogP contribution is 2.21. The molecule has 1 heterocycles. The van der Waals surface area contributed by atoms with Gasteiger partial charge in [0.05, 0.1) is 11.3 Å². The Balaban J connectivity index is 2.07. The van der Waals surface area contributed by atoms with Crippen molar-refractivity contribution in [1.82, 2.24) is 10.3 Å². The minimum Gasteiger partial charge on any atom is -0.384 e. The molecule has 1 aliphatic rings. The molecule has 16 heavy (non-hydrogen) atoms. The zero-order valence-corrected chi connectivity index (χ0v) is 9.49. The van der Waals surface area contributed by atoms with Gasteiger partial charge in [0.2, 0.25) is 0 Å². The van der Waals surface area contributed by atoms with Crippen molar-refractivity contribution in [3.63, 3.8) is 0 Å². The maximum atomic E-state index is 11.9. The Morgan fingerprint density at radius 2 is 2.38 bits per heavy atom. The highest BCUT2D eigenvalue weighted by molar-refractivity contribution is 5.99. The van der Waals surface area contributed by atoms with Crippen LogP contribution in [0.15, 0.2) is 18.5 Å². The minimum atomic E-state index is -0.0193. The summed E-state index contributed by atoms with van der Waals surface area (Å²) in [5, 5.41) is 6.20. The van der Waals surface area contributed by atoms with E-state index in [0.29, 0.717) is 11.6 Å². The number of carbonyl (C=O) groups excluding carboxylic acids is 1. The number of nitrogens with zero attached hydrogens (tertiary/aromatic N) is 1. The molecular formula is C12H17N3O. The van der Waals surface area contributed by atoms with Crippen molar-refractivity contribution in [3.8, 4) is 0 Å². The quantitative estimate of drug-likeness (QED) is 0.794. The first kappa shape index (κ1) is 10.9. The van der Waals surface area contributed by atoms with Crippen LogP contribution in [-0.4, -0.2) is 23.5 Å². The van der Waals surface area contributed by atoms with Gasteiger partial charge in [0.1, 0.15) is 0 Å². The molecule has 0 radical (unpaired) electrons. The van der Waals surface area contributed by atoms with Gasteiger partial charge in [-0.1, -0.05) is 6.92 Å². The van der Waals surface area contributed by atoms with E-state index in [2.05, 4.69) is 22.5 Å². The third kappa shape index (κ3) is 2.72. The Hall–Kier alpha value is -1.58. The van der Waals surface area contributed by atoms with Gasteiger partial charge in [-0.15, -0.1) is 0 Å². The predicted molar refractivity (Wildman–Crippen MR) is 63.5 cm³/mol. The van der Waals surface area contributed by atoms with Gasteiger partial charge in [0.15, 0.2) is 0 Å². The summed E-state index contributed by atoms with van der Waals surface area (Å²) in [7, 11) is 0. The van der Waals surface area contributed by atoms with E-state index in [1.807, 2.05) is 6.07 Å². The van der Waals surface area contributed by atoms with Crippen molar-refractivity contribution in [2.45, 2.75) is 32.2 Å². The lowest BCUT2D eigenvalue weighted by atomic mass is 10.2. The van der Waals surface area contributed by atoms with Gasteiger partial charge < -0.3 is 10.6 Å². The van der Waals surface area contributed by atoms with Crippen molar-refractivity contribution >= 4 is 11.6 Å². The van der Waals surface area contributed by atoms with Crippen LogP contribution in [0.3, 0.4) is 0 Å². The van der Waals surface area contributed by atoms with Crippen LogP contribution in [0.4, 0.5) is 5.69 Å². The van der Waals surface area contributed by atoms with Gasteiger partial charge in [0, 0.05) is 25.0 Å². The summed E-state index contributed by atoms with van der Waals surface area (Å²) in [5.74, 6) is -0.0193. The molecule has 1 amide bonds. The van der Waals surface area contributed by atoms with Gasteiger partial charge in [0.25, 0.3) is 5.91 Å². The van der Waals surface area contributed by atoms with Crippen molar-refractivity contribution in [2.24, 2.45) is 0 Å². The van der Waals surface area contributed by atoms with E-state index in [4.69, 9.17) is 0 Å². The smallest absolute Gasteiger partial charge is 0.255 e. The van der Waals surface area contributed by atoms with Crippen LogP contribution < -0.4 is 10.6 Å². The van der Waals surface area contributed by atoms with E-state index in [1.54, 1.807) is 12.4 Å². The molecule has 0 aromatic carbocycles. The van der Waals surface area contributed by atoms with Gasteiger partial charge in [-0.3, -0.25) is 9.78 Å². The summed E-state index contributed by atoms with van der Waals surface area (Å²) >= 11 is 0. The third-order valence-corrected chi connectivity index (χ3v) is 2.54. The van der Waals surface area contributed by atoms with Crippen molar-refractivity contribution in [3.05, 3.63) is 24.0 Å². The number of nitrogens with one attached hydrogen (secondary N) is 2. The summed E-state index contributed by atoms with van der Waals surface area (Å²) in [5.41, 5.74) is 1.51. The van der Waals surface area contributed by atoms with Gasteiger partial charge in [-0.05, 0) is 25.3 Å². The van der Waals surface area contributed by atoms with Crippen molar-refractivity contribution in [2.75, 3.05) is 11.9 Å². The van der Waals surface area contributed by atoms with E-state index in [-0.39, 0.29) is 5.91 Å². The van der Waals surface area contributed by atoms with Crippen LogP contribution in [0, 0.1) is 0 Å². The second kappa shape index (κ2) is 4.96. The molecule has 1 saturated carbocycles. The van der Waals surface area contributed by atoms with Crippen LogP contribution in [0.1, 0.15) is 36.5 Å². The van der Waals surface area contributed by atoms with Crippen LogP contribution in [0.5, 0.6) is 0 Å². The van der Waals surface area contributed by atoms with Gasteiger partial charge in [-0.2, -0.15) is 0 Å². The minimum absolute atomic E-state index is 0.0193. The number of rotatable bonds is 5. The Bertz CT molecular complexity index is 374. The van der Waals surface area contributed by atoms with E-state index in [1.165, 1.54) is 0 Å². The number of carbonyl (C=O) groups is 1. The predicted octanol–water partition coefficient (Wildman–Crippen LogP) is 1.80. The molecule has 0 atom stereocenters. The SMILES string of the molecule is CCCNc1ccncc1C(=O)NC1CC1. The average Bonchev–Trinajstić information content (AvgIpc) is 3.10. The van der Waals surface area contributed by atoms with Crippen LogP contribution >= 0.6 is 0 Å². The largest absolute Gasteiger partial charge is 0.384 e. The first-order valence-corrected chi connectivity index (χ1v) is 5.80. The number of hydrogen-bond donors (Lipinski definition) is 2. The average molecular weight is 219 g/mol. The standard InChI is InChI=1S/C12H17N3O/c1-2-6-14-11-5-7-13-8-10(11)12(16)15-9-3-4-9/h5,7-9H,2-4,6H2,1H3,(H,13,14)(H,15,16). The second-order valence-corrected chi connectivity index (χ2v) is 4.10. The number of pyridine rings is 1. The molecule has 86 valence electrons. The topological polar surface area (TPSA) is 54.0 Å². The molecule has 0 bridgehead atoms. The molecule has 4 heteroatoms. The second-order valence-electron chi connectivity index (χ2n) is 4.10. The van der Waals surface area contributed by atoms with Crippen molar-refractivity contribution in [1.29, 1.82) is 0 Å². The molecule has 4 nitrogen and oxygen atoms in total. The summed E-state index contributed by atoms with van der Waals surface area (Å²) < 4.78 is 0. The lowest BCUT2D eigenvalue weighted by Gasteiger charge is -2.10. The van der Waals surface area contributed by atoms with E-state index >= 15 is 0 Å². The number of aromatic nitrogens is 1. The Labute approximate surface area is 95.5 Å². The lowest BCUT2D eigenvalue weighted by molar-refractivity contribution is 0.0951. The Kier molecular flexibility index (Phi) is 3.39. The molecule has 1 aliphatic carbocycles. The molecule has 2 N–H and O–H groups in total. The summed E-state index contributed by atoms with van der Waals surface area (Å²) in [6.07, 6.45) is 6.56.